The van der Waals surface area contributed by atoms with Crippen molar-refractivity contribution in [3.63, 3.8) is 0 Å². The van der Waals surface area contributed by atoms with Crippen molar-refractivity contribution in [2.75, 3.05) is 5.32 Å². The number of anilines is 1. The van der Waals surface area contributed by atoms with Crippen molar-refractivity contribution in [3.05, 3.63) is 77.1 Å². The van der Waals surface area contributed by atoms with E-state index >= 15 is 0 Å². The average molecular weight is 372 g/mol. The molecule has 0 bridgehead atoms. The maximum atomic E-state index is 4.74. The summed E-state index contributed by atoms with van der Waals surface area (Å²) in [6.45, 7) is 5.54. The van der Waals surface area contributed by atoms with Gasteiger partial charge in [-0.05, 0) is 24.5 Å². The summed E-state index contributed by atoms with van der Waals surface area (Å²) in [7, 11) is 0. The van der Waals surface area contributed by atoms with E-state index in [-0.39, 0.29) is 0 Å². The van der Waals surface area contributed by atoms with Crippen LogP contribution >= 0.6 is 0 Å². The first kappa shape index (κ1) is 18.1. The summed E-state index contributed by atoms with van der Waals surface area (Å²) in [5.74, 6) is 1.56. The SMILES string of the molecule is CCCc1nc(NCc2ccc(C)cc2)c2nnn(Cc3ccccc3)c2n1. The summed E-state index contributed by atoms with van der Waals surface area (Å²) in [4.78, 5) is 9.44. The van der Waals surface area contributed by atoms with Crippen LogP contribution in [0.2, 0.25) is 0 Å². The van der Waals surface area contributed by atoms with Crippen LogP contribution in [-0.4, -0.2) is 25.0 Å². The Morgan fingerprint density at radius 3 is 2.46 bits per heavy atom. The van der Waals surface area contributed by atoms with Gasteiger partial charge in [0.2, 0.25) is 0 Å². The van der Waals surface area contributed by atoms with E-state index in [2.05, 4.69) is 65.9 Å². The third-order valence-corrected chi connectivity index (χ3v) is 4.64. The molecule has 28 heavy (non-hydrogen) atoms. The van der Waals surface area contributed by atoms with E-state index in [9.17, 15) is 0 Å². The second-order valence-electron chi connectivity index (χ2n) is 6.98. The maximum Gasteiger partial charge on any atom is 0.184 e. The van der Waals surface area contributed by atoms with E-state index in [4.69, 9.17) is 9.97 Å². The topological polar surface area (TPSA) is 68.5 Å². The van der Waals surface area contributed by atoms with Gasteiger partial charge in [-0.15, -0.1) is 5.10 Å². The van der Waals surface area contributed by atoms with Crippen LogP contribution in [0, 0.1) is 6.92 Å². The Balaban J connectivity index is 1.65. The van der Waals surface area contributed by atoms with Gasteiger partial charge in [0, 0.05) is 13.0 Å². The fourth-order valence-corrected chi connectivity index (χ4v) is 3.11. The second-order valence-corrected chi connectivity index (χ2v) is 6.98. The molecule has 0 amide bonds. The molecule has 0 fully saturated rings. The standard InChI is InChI=1S/C22H24N6/c1-3-7-19-24-21(23-14-17-12-10-16(2)11-13-17)20-22(25-19)28(27-26-20)15-18-8-5-4-6-9-18/h4-6,8-13H,3,7,14-15H2,1-2H3,(H,23,24,25). The van der Waals surface area contributed by atoms with Crippen molar-refractivity contribution >= 4 is 17.0 Å². The molecule has 0 aliphatic carbocycles. The molecule has 0 spiro atoms. The number of fused-ring (bicyclic) bond motifs is 1. The fraction of sp³-hybridized carbons (Fsp3) is 0.273. The summed E-state index contributed by atoms with van der Waals surface area (Å²) in [6, 6.07) is 18.7. The smallest absolute Gasteiger partial charge is 0.184 e. The Labute approximate surface area is 164 Å². The van der Waals surface area contributed by atoms with Crippen molar-refractivity contribution in [1.82, 2.24) is 25.0 Å². The molecule has 0 aliphatic rings. The van der Waals surface area contributed by atoms with Crippen LogP contribution in [0.1, 0.15) is 35.9 Å². The highest BCUT2D eigenvalue weighted by Gasteiger charge is 2.15. The van der Waals surface area contributed by atoms with Crippen molar-refractivity contribution in [2.45, 2.75) is 39.8 Å². The normalized spacial score (nSPS) is 11.1. The van der Waals surface area contributed by atoms with Gasteiger partial charge in [-0.3, -0.25) is 0 Å². The maximum absolute atomic E-state index is 4.74. The molecule has 2 aromatic heterocycles. The van der Waals surface area contributed by atoms with Gasteiger partial charge in [0.05, 0.1) is 6.54 Å². The number of nitrogens with zero attached hydrogens (tertiary/aromatic N) is 5. The summed E-state index contributed by atoms with van der Waals surface area (Å²) in [6.07, 6.45) is 1.81. The van der Waals surface area contributed by atoms with Gasteiger partial charge in [-0.1, -0.05) is 72.3 Å². The molecule has 1 N–H and O–H groups in total. The molecule has 4 aromatic rings. The zero-order valence-electron chi connectivity index (χ0n) is 16.3. The molecule has 0 saturated carbocycles. The number of hydrogen-bond acceptors (Lipinski definition) is 5. The molecule has 6 heteroatoms. The van der Waals surface area contributed by atoms with Crippen molar-refractivity contribution < 1.29 is 0 Å². The summed E-state index contributed by atoms with van der Waals surface area (Å²) < 4.78 is 1.85. The Kier molecular flexibility index (Phi) is 5.28. The molecule has 2 heterocycles. The van der Waals surface area contributed by atoms with Gasteiger partial charge < -0.3 is 5.32 Å². The molecule has 2 aromatic carbocycles. The van der Waals surface area contributed by atoms with Crippen LogP contribution < -0.4 is 5.32 Å². The number of aromatic nitrogens is 5. The van der Waals surface area contributed by atoms with Crippen LogP contribution in [0.4, 0.5) is 5.82 Å². The van der Waals surface area contributed by atoms with E-state index in [0.717, 1.165) is 30.1 Å². The lowest BCUT2D eigenvalue weighted by Crippen LogP contribution is -2.08. The summed E-state index contributed by atoms with van der Waals surface area (Å²) >= 11 is 0. The van der Waals surface area contributed by atoms with Crippen LogP contribution in [-0.2, 0) is 19.5 Å². The molecule has 6 nitrogen and oxygen atoms in total. The predicted molar refractivity (Wildman–Crippen MR) is 111 cm³/mol. The number of hydrogen-bond donors (Lipinski definition) is 1. The Bertz CT molecular complexity index is 1050. The lowest BCUT2D eigenvalue weighted by molar-refractivity contribution is 0.662. The molecule has 0 unspecified atom stereocenters. The molecular weight excluding hydrogens is 348 g/mol. The minimum atomic E-state index is 0.636. The molecule has 0 radical (unpaired) electrons. The van der Waals surface area contributed by atoms with E-state index in [0.29, 0.717) is 18.6 Å². The van der Waals surface area contributed by atoms with Gasteiger partial charge in [0.1, 0.15) is 5.82 Å². The first-order chi connectivity index (χ1) is 13.7. The quantitative estimate of drug-likeness (QED) is 0.528. The first-order valence-corrected chi connectivity index (χ1v) is 9.66. The van der Waals surface area contributed by atoms with Gasteiger partial charge >= 0.3 is 0 Å². The van der Waals surface area contributed by atoms with Gasteiger partial charge in [0.25, 0.3) is 0 Å². The number of rotatable bonds is 7. The number of benzene rings is 2. The zero-order valence-corrected chi connectivity index (χ0v) is 16.3. The highest BCUT2D eigenvalue weighted by Crippen LogP contribution is 2.20. The first-order valence-electron chi connectivity index (χ1n) is 9.66. The fourth-order valence-electron chi connectivity index (χ4n) is 3.11. The molecule has 0 atom stereocenters. The number of aryl methyl sites for hydroxylation is 2. The third kappa shape index (κ3) is 4.01. The van der Waals surface area contributed by atoms with E-state index < -0.39 is 0 Å². The third-order valence-electron chi connectivity index (χ3n) is 4.64. The lowest BCUT2D eigenvalue weighted by atomic mass is 10.1. The summed E-state index contributed by atoms with van der Waals surface area (Å²) in [5, 5.41) is 12.1. The molecule has 0 saturated heterocycles. The highest BCUT2D eigenvalue weighted by molar-refractivity contribution is 5.82. The Morgan fingerprint density at radius 1 is 0.929 bits per heavy atom. The van der Waals surface area contributed by atoms with Crippen molar-refractivity contribution in [1.29, 1.82) is 0 Å². The van der Waals surface area contributed by atoms with Gasteiger partial charge in [-0.2, -0.15) is 0 Å². The molecular formula is C22H24N6. The van der Waals surface area contributed by atoms with E-state index in [1.165, 1.54) is 16.7 Å². The minimum absolute atomic E-state index is 0.636. The average Bonchev–Trinajstić information content (AvgIpc) is 3.11. The Hall–Kier alpha value is -3.28. The lowest BCUT2D eigenvalue weighted by Gasteiger charge is -2.09. The van der Waals surface area contributed by atoms with Gasteiger partial charge in [-0.25, -0.2) is 14.6 Å². The molecule has 142 valence electrons. The monoisotopic (exact) mass is 372 g/mol. The number of nitrogens with one attached hydrogen (secondary N) is 1. The van der Waals surface area contributed by atoms with Gasteiger partial charge in [0.15, 0.2) is 17.0 Å². The molecule has 4 rings (SSSR count). The molecule has 0 aliphatic heterocycles. The predicted octanol–water partition coefficient (Wildman–Crippen LogP) is 4.14. The summed E-state index contributed by atoms with van der Waals surface area (Å²) in [5.41, 5.74) is 5.10. The largest absolute Gasteiger partial charge is 0.364 e. The van der Waals surface area contributed by atoms with Crippen LogP contribution in [0.25, 0.3) is 11.2 Å². The zero-order chi connectivity index (χ0) is 19.3. The Morgan fingerprint density at radius 2 is 1.71 bits per heavy atom. The van der Waals surface area contributed by atoms with E-state index in [1.807, 2.05) is 22.9 Å². The van der Waals surface area contributed by atoms with Crippen LogP contribution in [0.3, 0.4) is 0 Å². The second kappa shape index (κ2) is 8.17. The van der Waals surface area contributed by atoms with Crippen LogP contribution in [0.5, 0.6) is 0 Å². The van der Waals surface area contributed by atoms with Crippen molar-refractivity contribution in [3.8, 4) is 0 Å². The van der Waals surface area contributed by atoms with E-state index in [1.54, 1.807) is 0 Å². The van der Waals surface area contributed by atoms with Crippen LogP contribution in [0.15, 0.2) is 54.6 Å². The minimum Gasteiger partial charge on any atom is -0.364 e. The highest BCUT2D eigenvalue weighted by atomic mass is 15.4. The van der Waals surface area contributed by atoms with Crippen molar-refractivity contribution in [2.24, 2.45) is 0 Å².